The second-order valence-electron chi connectivity index (χ2n) is 3.96. The summed E-state index contributed by atoms with van der Waals surface area (Å²) in [4.78, 5) is 11.2. The molecule has 0 aromatic carbocycles. The molecule has 0 radical (unpaired) electrons. The van der Waals surface area contributed by atoms with Crippen LogP contribution in [0.5, 0.6) is 0 Å². The molecule has 1 unspecified atom stereocenters. The van der Waals surface area contributed by atoms with Crippen LogP contribution >= 0.6 is 0 Å². The van der Waals surface area contributed by atoms with Crippen LogP contribution in [-0.2, 0) is 4.79 Å². The van der Waals surface area contributed by atoms with Crippen molar-refractivity contribution in [3.63, 3.8) is 0 Å². The number of carbonyl (C=O) groups is 1. The maximum absolute atomic E-state index is 11.2. The third kappa shape index (κ3) is 1.39. The number of hydrogen-bond donors (Lipinski definition) is 0. The minimum atomic E-state index is 0.340. The topological polar surface area (TPSA) is 17.1 Å². The van der Waals surface area contributed by atoms with Gasteiger partial charge in [0.25, 0.3) is 0 Å². The molecule has 1 fully saturated rings. The predicted molar refractivity (Wildman–Crippen MR) is 41.8 cm³/mol. The van der Waals surface area contributed by atoms with Crippen LogP contribution in [0.1, 0.15) is 40.0 Å². The highest BCUT2D eigenvalue weighted by Crippen LogP contribution is 2.52. The van der Waals surface area contributed by atoms with Crippen molar-refractivity contribution < 1.29 is 4.79 Å². The molecule has 1 nitrogen and oxygen atoms in total. The fourth-order valence-corrected chi connectivity index (χ4v) is 1.44. The minimum Gasteiger partial charge on any atom is -0.299 e. The summed E-state index contributed by atoms with van der Waals surface area (Å²) in [6.45, 7) is 6.41. The smallest absolute Gasteiger partial charge is 0.136 e. The first kappa shape index (κ1) is 7.77. The summed E-state index contributed by atoms with van der Waals surface area (Å²) >= 11 is 0. The second kappa shape index (κ2) is 2.37. The molecule has 1 aliphatic rings. The van der Waals surface area contributed by atoms with E-state index in [9.17, 15) is 4.79 Å². The lowest BCUT2D eigenvalue weighted by Crippen LogP contribution is -2.04. The Morgan fingerprint density at radius 3 is 2.40 bits per heavy atom. The zero-order valence-electron chi connectivity index (χ0n) is 7.11. The average Bonchev–Trinajstić information content (AvgIpc) is 2.41. The summed E-state index contributed by atoms with van der Waals surface area (Å²) in [6.07, 6.45) is 2.91. The van der Waals surface area contributed by atoms with Crippen LogP contribution in [0.3, 0.4) is 0 Å². The molecule has 0 aromatic rings. The molecule has 0 N–H and O–H groups in total. The van der Waals surface area contributed by atoms with Crippen molar-refractivity contribution in [2.45, 2.75) is 40.0 Å². The molecule has 1 aliphatic carbocycles. The molecule has 10 heavy (non-hydrogen) atoms. The molecular formula is C9H16O. The Hall–Kier alpha value is -0.330. The van der Waals surface area contributed by atoms with Crippen LogP contribution in [0.2, 0.25) is 0 Å². The predicted octanol–water partition coefficient (Wildman–Crippen LogP) is 2.40. The highest BCUT2D eigenvalue weighted by atomic mass is 16.1. The third-order valence-electron chi connectivity index (χ3n) is 2.40. The second-order valence-corrected chi connectivity index (χ2v) is 3.96. The normalized spacial score (nSPS) is 28.1. The first-order valence-corrected chi connectivity index (χ1v) is 4.10. The van der Waals surface area contributed by atoms with Crippen molar-refractivity contribution in [1.29, 1.82) is 0 Å². The van der Waals surface area contributed by atoms with E-state index in [1.165, 1.54) is 0 Å². The van der Waals surface area contributed by atoms with E-state index in [-0.39, 0.29) is 0 Å². The molecule has 0 aromatic heterocycles. The molecule has 0 saturated heterocycles. The number of Topliss-reactive ketones (excluding diaryl/α,β-unsaturated/α-hetero) is 1. The van der Waals surface area contributed by atoms with Crippen LogP contribution in [-0.4, -0.2) is 5.78 Å². The largest absolute Gasteiger partial charge is 0.299 e. The van der Waals surface area contributed by atoms with Crippen LogP contribution in [0.4, 0.5) is 0 Å². The summed E-state index contributed by atoms with van der Waals surface area (Å²) < 4.78 is 0. The monoisotopic (exact) mass is 140 g/mol. The summed E-state index contributed by atoms with van der Waals surface area (Å²) in [5.41, 5.74) is 0.340. The van der Waals surface area contributed by atoms with Gasteiger partial charge < -0.3 is 0 Å². The molecule has 0 amide bonds. The standard InChI is InChI=1S/C9H16O/c1-4-5-8(10)7-6-9(7,2)3/h7H,4-6H2,1-3H3. The third-order valence-corrected chi connectivity index (χ3v) is 2.40. The van der Waals surface area contributed by atoms with Crippen molar-refractivity contribution in [2.24, 2.45) is 11.3 Å². The molecule has 0 aliphatic heterocycles. The lowest BCUT2D eigenvalue weighted by Gasteiger charge is -1.99. The number of rotatable bonds is 3. The molecule has 0 bridgehead atoms. The Balaban J connectivity index is 2.33. The zero-order valence-corrected chi connectivity index (χ0v) is 7.11. The Kier molecular flexibility index (Phi) is 1.84. The van der Waals surface area contributed by atoms with Crippen LogP contribution < -0.4 is 0 Å². The molecule has 1 atom stereocenters. The van der Waals surface area contributed by atoms with Crippen LogP contribution in [0, 0.1) is 11.3 Å². The number of carbonyl (C=O) groups excluding carboxylic acids is 1. The van der Waals surface area contributed by atoms with E-state index in [0.29, 0.717) is 17.1 Å². The van der Waals surface area contributed by atoms with Gasteiger partial charge in [0.05, 0.1) is 0 Å². The Morgan fingerprint density at radius 2 is 2.10 bits per heavy atom. The van der Waals surface area contributed by atoms with Crippen molar-refractivity contribution >= 4 is 5.78 Å². The molecule has 0 heterocycles. The Bertz CT molecular complexity index is 147. The average molecular weight is 140 g/mol. The quantitative estimate of drug-likeness (QED) is 0.588. The summed E-state index contributed by atoms with van der Waals surface area (Å²) in [5, 5.41) is 0. The fraction of sp³-hybridized carbons (Fsp3) is 0.889. The molecule has 1 heteroatoms. The molecule has 1 saturated carbocycles. The summed E-state index contributed by atoms with van der Waals surface area (Å²) in [6, 6.07) is 0. The van der Waals surface area contributed by atoms with Gasteiger partial charge in [-0.25, -0.2) is 0 Å². The van der Waals surface area contributed by atoms with Gasteiger partial charge in [-0.1, -0.05) is 20.8 Å². The van der Waals surface area contributed by atoms with Gasteiger partial charge in [-0.15, -0.1) is 0 Å². The van der Waals surface area contributed by atoms with Gasteiger partial charge in [0.2, 0.25) is 0 Å². The van der Waals surface area contributed by atoms with Gasteiger partial charge in [-0.05, 0) is 18.3 Å². The summed E-state index contributed by atoms with van der Waals surface area (Å²) in [5.74, 6) is 0.875. The van der Waals surface area contributed by atoms with Gasteiger partial charge >= 0.3 is 0 Å². The molecule has 0 spiro atoms. The molecule has 58 valence electrons. The van der Waals surface area contributed by atoms with Crippen molar-refractivity contribution in [2.75, 3.05) is 0 Å². The van der Waals surface area contributed by atoms with Crippen LogP contribution in [0.25, 0.3) is 0 Å². The Labute approximate surface area is 62.8 Å². The van der Waals surface area contributed by atoms with Gasteiger partial charge in [0, 0.05) is 12.3 Å². The van der Waals surface area contributed by atoms with E-state index in [1.54, 1.807) is 0 Å². The van der Waals surface area contributed by atoms with Crippen molar-refractivity contribution in [3.8, 4) is 0 Å². The number of ketones is 1. The molecular weight excluding hydrogens is 124 g/mol. The van der Waals surface area contributed by atoms with Crippen molar-refractivity contribution in [3.05, 3.63) is 0 Å². The van der Waals surface area contributed by atoms with Gasteiger partial charge in [-0.3, -0.25) is 4.79 Å². The maximum atomic E-state index is 11.2. The van der Waals surface area contributed by atoms with E-state index in [4.69, 9.17) is 0 Å². The summed E-state index contributed by atoms with van der Waals surface area (Å²) in [7, 11) is 0. The van der Waals surface area contributed by atoms with E-state index in [0.717, 1.165) is 19.3 Å². The van der Waals surface area contributed by atoms with Gasteiger partial charge in [-0.2, -0.15) is 0 Å². The van der Waals surface area contributed by atoms with E-state index in [2.05, 4.69) is 20.8 Å². The Morgan fingerprint density at radius 1 is 1.60 bits per heavy atom. The first-order valence-electron chi connectivity index (χ1n) is 4.10. The van der Waals surface area contributed by atoms with E-state index >= 15 is 0 Å². The lowest BCUT2D eigenvalue weighted by molar-refractivity contribution is -0.120. The maximum Gasteiger partial charge on any atom is 0.136 e. The van der Waals surface area contributed by atoms with Crippen molar-refractivity contribution in [1.82, 2.24) is 0 Å². The first-order chi connectivity index (χ1) is 4.58. The molecule has 1 rings (SSSR count). The lowest BCUT2D eigenvalue weighted by atomic mass is 10.0. The van der Waals surface area contributed by atoms with E-state index in [1.807, 2.05) is 0 Å². The minimum absolute atomic E-state index is 0.340. The highest BCUT2D eigenvalue weighted by Gasteiger charge is 2.49. The van der Waals surface area contributed by atoms with Gasteiger partial charge in [0.1, 0.15) is 5.78 Å². The number of hydrogen-bond acceptors (Lipinski definition) is 1. The SMILES string of the molecule is CCCC(=O)C1CC1(C)C. The van der Waals surface area contributed by atoms with Crippen LogP contribution in [0.15, 0.2) is 0 Å². The zero-order chi connectivity index (χ0) is 7.78. The highest BCUT2D eigenvalue weighted by molar-refractivity contribution is 5.84. The van der Waals surface area contributed by atoms with Gasteiger partial charge in [0.15, 0.2) is 0 Å². The fourth-order valence-electron chi connectivity index (χ4n) is 1.44. The van der Waals surface area contributed by atoms with E-state index < -0.39 is 0 Å².